The second kappa shape index (κ2) is 8.10. The van der Waals surface area contributed by atoms with Crippen LogP contribution in [0.1, 0.15) is 31.3 Å². The summed E-state index contributed by atoms with van der Waals surface area (Å²) in [7, 11) is 1.62. The Morgan fingerprint density at radius 2 is 1.77 bits per heavy atom. The molecular weight excluding hydrogens is 333 g/mol. The minimum Gasteiger partial charge on any atom is -0.497 e. The normalized spacial score (nSPS) is 12.3. The molecule has 0 aliphatic heterocycles. The van der Waals surface area contributed by atoms with Crippen LogP contribution in [0.3, 0.4) is 0 Å². The number of hydrogen-bond acceptors (Lipinski definition) is 5. The van der Waals surface area contributed by atoms with E-state index >= 15 is 0 Å². The van der Waals surface area contributed by atoms with Gasteiger partial charge in [0.05, 0.1) is 13.7 Å². The monoisotopic (exact) mass is 355 g/mol. The van der Waals surface area contributed by atoms with Crippen LogP contribution in [0.5, 0.6) is 5.75 Å². The van der Waals surface area contributed by atoms with Gasteiger partial charge < -0.3 is 14.6 Å². The van der Waals surface area contributed by atoms with E-state index < -0.39 is 0 Å². The average molecular weight is 355 g/mol. The Bertz CT molecular complexity index is 829. The van der Waals surface area contributed by atoms with Crippen molar-refractivity contribution in [1.29, 1.82) is 0 Å². The van der Waals surface area contributed by atoms with Gasteiger partial charge in [0.15, 0.2) is 0 Å². The fourth-order valence-corrected chi connectivity index (χ4v) is 2.79. The maximum absolute atomic E-state index is 13.2. The van der Waals surface area contributed by atoms with Gasteiger partial charge in [0.25, 0.3) is 0 Å². The minimum absolute atomic E-state index is 0.0620. The quantitative estimate of drug-likeness (QED) is 0.682. The SMILES string of the molecule is COc1ccc(-c2noc(CNC(c3ccc(F)cc3)C(C)C)n2)cc1. The topological polar surface area (TPSA) is 60.2 Å². The van der Waals surface area contributed by atoms with E-state index in [9.17, 15) is 4.39 Å². The highest BCUT2D eigenvalue weighted by atomic mass is 19.1. The van der Waals surface area contributed by atoms with Crippen LogP contribution in [0.15, 0.2) is 53.1 Å². The molecule has 0 fully saturated rings. The number of aromatic nitrogens is 2. The zero-order valence-electron chi connectivity index (χ0n) is 15.1. The van der Waals surface area contributed by atoms with Crippen LogP contribution >= 0.6 is 0 Å². The molecule has 0 saturated carbocycles. The highest BCUT2D eigenvalue weighted by Gasteiger charge is 2.17. The van der Waals surface area contributed by atoms with Crippen molar-refractivity contribution >= 4 is 0 Å². The number of methoxy groups -OCH3 is 1. The summed E-state index contributed by atoms with van der Waals surface area (Å²) in [6, 6.07) is 14.1. The summed E-state index contributed by atoms with van der Waals surface area (Å²) >= 11 is 0. The van der Waals surface area contributed by atoms with Crippen molar-refractivity contribution in [3.8, 4) is 17.1 Å². The van der Waals surface area contributed by atoms with Crippen LogP contribution in [0.25, 0.3) is 11.4 Å². The molecule has 3 rings (SSSR count). The molecule has 5 nitrogen and oxygen atoms in total. The van der Waals surface area contributed by atoms with Crippen LogP contribution in [-0.2, 0) is 6.54 Å². The number of nitrogens with one attached hydrogen (secondary N) is 1. The Balaban J connectivity index is 1.68. The van der Waals surface area contributed by atoms with Crippen molar-refractivity contribution in [1.82, 2.24) is 15.5 Å². The van der Waals surface area contributed by atoms with Crippen molar-refractivity contribution in [2.24, 2.45) is 5.92 Å². The van der Waals surface area contributed by atoms with E-state index in [1.165, 1.54) is 12.1 Å². The van der Waals surface area contributed by atoms with E-state index in [4.69, 9.17) is 9.26 Å². The lowest BCUT2D eigenvalue weighted by molar-refractivity contribution is 0.337. The van der Waals surface area contributed by atoms with Gasteiger partial charge in [0.2, 0.25) is 11.7 Å². The van der Waals surface area contributed by atoms with E-state index in [0.29, 0.717) is 24.2 Å². The predicted molar refractivity (Wildman–Crippen MR) is 97.1 cm³/mol. The molecule has 3 aromatic rings. The maximum atomic E-state index is 13.2. The molecule has 0 aliphatic rings. The molecular formula is C20H22FN3O2. The van der Waals surface area contributed by atoms with Crippen molar-refractivity contribution in [2.75, 3.05) is 7.11 Å². The van der Waals surface area contributed by atoms with E-state index in [1.54, 1.807) is 19.2 Å². The van der Waals surface area contributed by atoms with Crippen molar-refractivity contribution < 1.29 is 13.7 Å². The molecule has 0 saturated heterocycles. The summed E-state index contributed by atoms with van der Waals surface area (Å²) < 4.78 is 23.6. The second-order valence-electron chi connectivity index (χ2n) is 6.39. The number of hydrogen-bond donors (Lipinski definition) is 1. The lowest BCUT2D eigenvalue weighted by Gasteiger charge is -2.22. The van der Waals surface area contributed by atoms with E-state index in [0.717, 1.165) is 16.9 Å². The maximum Gasteiger partial charge on any atom is 0.240 e. The third-order valence-corrected chi connectivity index (χ3v) is 4.19. The Morgan fingerprint density at radius 3 is 2.38 bits per heavy atom. The minimum atomic E-state index is -0.239. The fraction of sp³-hybridized carbons (Fsp3) is 0.300. The largest absolute Gasteiger partial charge is 0.497 e. The molecule has 26 heavy (non-hydrogen) atoms. The van der Waals surface area contributed by atoms with Gasteiger partial charge in [0, 0.05) is 11.6 Å². The van der Waals surface area contributed by atoms with Gasteiger partial charge >= 0.3 is 0 Å². The van der Waals surface area contributed by atoms with Crippen molar-refractivity contribution in [2.45, 2.75) is 26.4 Å². The molecule has 0 spiro atoms. The third kappa shape index (κ3) is 4.26. The number of benzene rings is 2. The first-order valence-corrected chi connectivity index (χ1v) is 8.52. The summed E-state index contributed by atoms with van der Waals surface area (Å²) in [5, 5.41) is 7.45. The molecule has 1 unspecified atom stereocenters. The van der Waals surface area contributed by atoms with Gasteiger partial charge in [0.1, 0.15) is 11.6 Å². The Hall–Kier alpha value is -2.73. The second-order valence-corrected chi connectivity index (χ2v) is 6.39. The first-order chi connectivity index (χ1) is 12.6. The Labute approximate surface area is 152 Å². The first-order valence-electron chi connectivity index (χ1n) is 8.52. The first kappa shape index (κ1) is 18.1. The number of rotatable bonds is 7. The average Bonchev–Trinajstić information content (AvgIpc) is 3.12. The number of nitrogens with zero attached hydrogens (tertiary/aromatic N) is 2. The van der Waals surface area contributed by atoms with Gasteiger partial charge in [-0.2, -0.15) is 4.98 Å². The van der Waals surface area contributed by atoms with Gasteiger partial charge in [-0.1, -0.05) is 31.1 Å². The molecule has 1 aromatic heterocycles. The lowest BCUT2D eigenvalue weighted by atomic mass is 9.96. The van der Waals surface area contributed by atoms with Crippen molar-refractivity contribution in [3.63, 3.8) is 0 Å². The molecule has 2 aromatic carbocycles. The molecule has 0 amide bonds. The Kier molecular flexibility index (Phi) is 5.63. The van der Waals surface area contributed by atoms with Crippen LogP contribution < -0.4 is 10.1 Å². The fourth-order valence-electron chi connectivity index (χ4n) is 2.79. The highest BCUT2D eigenvalue weighted by molar-refractivity contribution is 5.55. The molecule has 0 aliphatic carbocycles. The lowest BCUT2D eigenvalue weighted by Crippen LogP contribution is -2.25. The van der Waals surface area contributed by atoms with Crippen LogP contribution in [0.2, 0.25) is 0 Å². The van der Waals surface area contributed by atoms with Gasteiger partial charge in [-0.15, -0.1) is 0 Å². The molecule has 1 atom stereocenters. The number of ether oxygens (including phenoxy) is 1. The molecule has 1 N–H and O–H groups in total. The zero-order valence-corrected chi connectivity index (χ0v) is 15.1. The van der Waals surface area contributed by atoms with E-state index in [-0.39, 0.29) is 11.9 Å². The smallest absolute Gasteiger partial charge is 0.240 e. The summed E-state index contributed by atoms with van der Waals surface area (Å²) in [4.78, 5) is 4.43. The summed E-state index contributed by atoms with van der Waals surface area (Å²) in [6.07, 6.45) is 0. The zero-order chi connectivity index (χ0) is 18.5. The summed E-state index contributed by atoms with van der Waals surface area (Å²) in [5.41, 5.74) is 1.89. The third-order valence-electron chi connectivity index (χ3n) is 4.19. The molecule has 1 heterocycles. The van der Waals surface area contributed by atoms with Gasteiger partial charge in [-0.3, -0.25) is 0 Å². The molecule has 0 radical (unpaired) electrons. The summed E-state index contributed by atoms with van der Waals surface area (Å²) in [6.45, 7) is 4.65. The van der Waals surface area contributed by atoms with E-state index in [2.05, 4.69) is 29.3 Å². The van der Waals surface area contributed by atoms with Gasteiger partial charge in [-0.05, 0) is 47.9 Å². The van der Waals surface area contributed by atoms with Crippen molar-refractivity contribution in [3.05, 3.63) is 65.8 Å². The van der Waals surface area contributed by atoms with E-state index in [1.807, 2.05) is 24.3 Å². The Morgan fingerprint density at radius 1 is 1.08 bits per heavy atom. The van der Waals surface area contributed by atoms with Crippen LogP contribution in [0.4, 0.5) is 4.39 Å². The van der Waals surface area contributed by atoms with Gasteiger partial charge in [-0.25, -0.2) is 4.39 Å². The van der Waals surface area contributed by atoms with Crippen LogP contribution in [0, 0.1) is 11.7 Å². The number of halogens is 1. The highest BCUT2D eigenvalue weighted by Crippen LogP contribution is 2.23. The molecule has 0 bridgehead atoms. The van der Waals surface area contributed by atoms with Crippen LogP contribution in [-0.4, -0.2) is 17.3 Å². The molecule has 6 heteroatoms. The predicted octanol–water partition coefficient (Wildman–Crippen LogP) is 4.37. The summed E-state index contributed by atoms with van der Waals surface area (Å²) in [5.74, 6) is 1.90. The molecule has 136 valence electrons. The standard InChI is InChI=1S/C20H22FN3O2/c1-13(2)19(14-4-8-16(21)9-5-14)22-12-18-23-20(24-26-18)15-6-10-17(25-3)11-7-15/h4-11,13,19,22H,12H2,1-3H3.